The van der Waals surface area contributed by atoms with E-state index in [1.807, 2.05) is 6.26 Å². The summed E-state index contributed by atoms with van der Waals surface area (Å²) in [6.07, 6.45) is 7.36. The fourth-order valence-electron chi connectivity index (χ4n) is 1.27. The third-order valence-electron chi connectivity index (χ3n) is 1.89. The van der Waals surface area contributed by atoms with Crippen LogP contribution in [0.3, 0.4) is 0 Å². The van der Waals surface area contributed by atoms with E-state index in [0.717, 1.165) is 6.42 Å². The Morgan fingerprint density at radius 1 is 1.70 bits per heavy atom. The average molecular weight is 140 g/mol. The van der Waals surface area contributed by atoms with Gasteiger partial charge in [0, 0.05) is 6.42 Å². The van der Waals surface area contributed by atoms with E-state index < -0.39 is 0 Å². The van der Waals surface area contributed by atoms with Gasteiger partial charge in [0.15, 0.2) is 0 Å². The smallest absolute Gasteiger partial charge is 0.102 e. The monoisotopic (exact) mass is 140 g/mol. The Hall–Kier alpha value is -0.460. The van der Waals surface area contributed by atoms with Crippen LogP contribution in [0.1, 0.15) is 39.5 Å². The summed E-state index contributed by atoms with van der Waals surface area (Å²) >= 11 is 0. The molecule has 0 aromatic rings. The lowest BCUT2D eigenvalue weighted by Crippen LogP contribution is -2.03. The van der Waals surface area contributed by atoms with Crippen molar-refractivity contribution in [3.05, 3.63) is 11.8 Å². The lowest BCUT2D eigenvalue weighted by molar-refractivity contribution is 0.158. The van der Waals surface area contributed by atoms with Gasteiger partial charge in [0.05, 0.1) is 6.26 Å². The van der Waals surface area contributed by atoms with E-state index in [9.17, 15) is 0 Å². The standard InChI is InChI=1S/C9H16O/c1-3-4-5-9-6-8(2)7-10-9/h7,9H,3-6H2,1-2H3. The molecule has 0 radical (unpaired) electrons. The SMILES string of the molecule is CCCCC1CC(C)=CO1. The molecule has 0 saturated heterocycles. The predicted octanol–water partition coefficient (Wildman–Crippen LogP) is 2.87. The van der Waals surface area contributed by atoms with Gasteiger partial charge in [0.1, 0.15) is 6.10 Å². The fourth-order valence-corrected chi connectivity index (χ4v) is 1.27. The van der Waals surface area contributed by atoms with Crippen molar-refractivity contribution < 1.29 is 4.74 Å². The molecule has 0 aliphatic carbocycles. The topological polar surface area (TPSA) is 9.23 Å². The zero-order valence-corrected chi connectivity index (χ0v) is 6.89. The Morgan fingerprint density at radius 3 is 3.00 bits per heavy atom. The van der Waals surface area contributed by atoms with E-state index in [2.05, 4.69) is 13.8 Å². The molecule has 1 atom stereocenters. The van der Waals surface area contributed by atoms with Crippen molar-refractivity contribution >= 4 is 0 Å². The molecule has 1 unspecified atom stereocenters. The van der Waals surface area contributed by atoms with Crippen molar-refractivity contribution in [3.63, 3.8) is 0 Å². The van der Waals surface area contributed by atoms with Crippen LogP contribution in [0.5, 0.6) is 0 Å². The highest BCUT2D eigenvalue weighted by atomic mass is 16.5. The molecule has 0 N–H and O–H groups in total. The van der Waals surface area contributed by atoms with Crippen LogP contribution in [0.2, 0.25) is 0 Å². The molecule has 58 valence electrons. The van der Waals surface area contributed by atoms with Crippen molar-refractivity contribution in [3.8, 4) is 0 Å². The number of hydrogen-bond acceptors (Lipinski definition) is 1. The molecule has 1 heterocycles. The first kappa shape index (κ1) is 7.64. The van der Waals surface area contributed by atoms with E-state index in [-0.39, 0.29) is 0 Å². The third-order valence-corrected chi connectivity index (χ3v) is 1.89. The molecule has 0 aromatic carbocycles. The molecule has 1 aliphatic heterocycles. The third kappa shape index (κ3) is 2.05. The second-order valence-electron chi connectivity index (χ2n) is 3.07. The summed E-state index contributed by atoms with van der Waals surface area (Å²) in [5.41, 5.74) is 1.39. The van der Waals surface area contributed by atoms with E-state index in [0.29, 0.717) is 6.10 Å². The number of hydrogen-bond donors (Lipinski definition) is 0. The summed E-state index contributed by atoms with van der Waals surface area (Å²) in [5.74, 6) is 0. The van der Waals surface area contributed by atoms with Gasteiger partial charge in [-0.2, -0.15) is 0 Å². The second-order valence-corrected chi connectivity index (χ2v) is 3.07. The highest BCUT2D eigenvalue weighted by Crippen LogP contribution is 2.20. The zero-order chi connectivity index (χ0) is 7.40. The van der Waals surface area contributed by atoms with Crippen molar-refractivity contribution in [2.75, 3.05) is 0 Å². The van der Waals surface area contributed by atoms with Gasteiger partial charge in [-0.25, -0.2) is 0 Å². The highest BCUT2D eigenvalue weighted by molar-refractivity contribution is 5.00. The first-order chi connectivity index (χ1) is 4.83. The highest BCUT2D eigenvalue weighted by Gasteiger charge is 2.13. The normalized spacial score (nSPS) is 24.2. The maximum absolute atomic E-state index is 5.41. The first-order valence-corrected chi connectivity index (χ1v) is 4.14. The quantitative estimate of drug-likeness (QED) is 0.585. The molecule has 0 aromatic heterocycles. The van der Waals surface area contributed by atoms with Crippen LogP contribution >= 0.6 is 0 Å². The predicted molar refractivity (Wildman–Crippen MR) is 42.8 cm³/mol. The summed E-state index contributed by atoms with van der Waals surface area (Å²) in [5, 5.41) is 0. The van der Waals surface area contributed by atoms with E-state index in [1.54, 1.807) is 0 Å². The van der Waals surface area contributed by atoms with Crippen molar-refractivity contribution in [2.24, 2.45) is 0 Å². The maximum Gasteiger partial charge on any atom is 0.102 e. The van der Waals surface area contributed by atoms with Gasteiger partial charge in [-0.3, -0.25) is 0 Å². The molecule has 0 amide bonds. The second kappa shape index (κ2) is 3.65. The molecule has 0 fully saturated rings. The fraction of sp³-hybridized carbons (Fsp3) is 0.778. The Labute approximate surface area is 63.1 Å². The minimum atomic E-state index is 0.500. The molecular weight excluding hydrogens is 124 g/mol. The average Bonchev–Trinajstić information content (AvgIpc) is 2.31. The largest absolute Gasteiger partial charge is 0.498 e. The van der Waals surface area contributed by atoms with Crippen LogP contribution in [0, 0.1) is 0 Å². The van der Waals surface area contributed by atoms with Crippen molar-refractivity contribution in [1.29, 1.82) is 0 Å². The first-order valence-electron chi connectivity index (χ1n) is 4.14. The maximum atomic E-state index is 5.41. The Kier molecular flexibility index (Phi) is 2.79. The lowest BCUT2D eigenvalue weighted by Gasteiger charge is -2.07. The van der Waals surface area contributed by atoms with Crippen LogP contribution in [-0.4, -0.2) is 6.10 Å². The van der Waals surface area contributed by atoms with E-state index in [1.165, 1.54) is 24.8 Å². The number of rotatable bonds is 3. The minimum Gasteiger partial charge on any atom is -0.498 e. The van der Waals surface area contributed by atoms with E-state index in [4.69, 9.17) is 4.74 Å². The Bertz CT molecular complexity index is 127. The zero-order valence-electron chi connectivity index (χ0n) is 6.89. The summed E-state index contributed by atoms with van der Waals surface area (Å²) in [4.78, 5) is 0. The van der Waals surface area contributed by atoms with Gasteiger partial charge in [-0.1, -0.05) is 19.8 Å². The summed E-state index contributed by atoms with van der Waals surface area (Å²) in [6.45, 7) is 4.35. The minimum absolute atomic E-state index is 0.500. The van der Waals surface area contributed by atoms with Crippen molar-refractivity contribution in [1.82, 2.24) is 0 Å². The molecule has 1 rings (SSSR count). The summed E-state index contributed by atoms with van der Waals surface area (Å²) in [7, 11) is 0. The van der Waals surface area contributed by atoms with Crippen molar-refractivity contribution in [2.45, 2.75) is 45.6 Å². The molecule has 1 nitrogen and oxygen atoms in total. The molecule has 0 saturated carbocycles. The molecule has 0 bridgehead atoms. The molecule has 0 spiro atoms. The van der Waals surface area contributed by atoms with Gasteiger partial charge < -0.3 is 4.74 Å². The van der Waals surface area contributed by atoms with Crippen LogP contribution in [0.15, 0.2) is 11.8 Å². The van der Waals surface area contributed by atoms with Gasteiger partial charge >= 0.3 is 0 Å². The van der Waals surface area contributed by atoms with Crippen LogP contribution in [-0.2, 0) is 4.74 Å². The Balaban J connectivity index is 2.11. The lowest BCUT2D eigenvalue weighted by atomic mass is 10.1. The Morgan fingerprint density at radius 2 is 2.50 bits per heavy atom. The summed E-state index contributed by atoms with van der Waals surface area (Å²) in [6, 6.07) is 0. The van der Waals surface area contributed by atoms with Crippen LogP contribution in [0.25, 0.3) is 0 Å². The molecular formula is C9H16O. The van der Waals surface area contributed by atoms with Crippen LogP contribution < -0.4 is 0 Å². The number of ether oxygens (including phenoxy) is 1. The molecule has 1 aliphatic rings. The van der Waals surface area contributed by atoms with Gasteiger partial charge in [-0.05, 0) is 18.9 Å². The van der Waals surface area contributed by atoms with E-state index >= 15 is 0 Å². The van der Waals surface area contributed by atoms with Gasteiger partial charge in [0.25, 0.3) is 0 Å². The van der Waals surface area contributed by atoms with Gasteiger partial charge in [0.2, 0.25) is 0 Å². The van der Waals surface area contributed by atoms with Gasteiger partial charge in [-0.15, -0.1) is 0 Å². The van der Waals surface area contributed by atoms with Crippen LogP contribution in [0.4, 0.5) is 0 Å². The molecule has 1 heteroatoms. The summed E-state index contributed by atoms with van der Waals surface area (Å²) < 4.78 is 5.41. The number of unbranched alkanes of at least 4 members (excludes halogenated alkanes) is 1. The molecule has 10 heavy (non-hydrogen) atoms.